The van der Waals surface area contributed by atoms with Crippen LogP contribution in [-0.4, -0.2) is 53.9 Å². The highest BCUT2D eigenvalue weighted by Gasteiger charge is 2.21. The fourth-order valence-electron chi connectivity index (χ4n) is 2.22. The molecular formula is C13H16BrN3O3. The number of halogens is 1. The third-order valence-electron chi connectivity index (χ3n) is 3.40. The standard InChI is InChI=1S/C13H16BrN3O3/c1-15-5-2-6-16(8-7-15)13(18)10-3-4-11(14)12(9-10)17(19)20/h3-4,9H,2,5-8H2,1H3. The number of carbonyl (C=O) groups is 1. The number of likely N-dealkylation sites (N-methyl/N-ethyl adjacent to an activating group) is 1. The first-order valence-corrected chi connectivity index (χ1v) is 7.20. The van der Waals surface area contributed by atoms with Crippen molar-refractivity contribution >= 4 is 27.5 Å². The molecule has 0 unspecified atom stereocenters. The quantitative estimate of drug-likeness (QED) is 0.610. The van der Waals surface area contributed by atoms with Gasteiger partial charge in [0.1, 0.15) is 0 Å². The Morgan fingerprint density at radius 3 is 2.75 bits per heavy atom. The lowest BCUT2D eigenvalue weighted by molar-refractivity contribution is -0.385. The fourth-order valence-corrected chi connectivity index (χ4v) is 2.61. The summed E-state index contributed by atoms with van der Waals surface area (Å²) in [5.41, 5.74) is 0.284. The minimum Gasteiger partial charge on any atom is -0.337 e. The Kier molecular flexibility index (Phi) is 4.72. The number of nitrogens with zero attached hydrogens (tertiary/aromatic N) is 3. The Morgan fingerprint density at radius 1 is 1.30 bits per heavy atom. The highest BCUT2D eigenvalue weighted by Crippen LogP contribution is 2.26. The lowest BCUT2D eigenvalue weighted by atomic mass is 10.1. The number of hydrogen-bond acceptors (Lipinski definition) is 4. The van der Waals surface area contributed by atoms with Crippen LogP contribution in [0.15, 0.2) is 22.7 Å². The lowest BCUT2D eigenvalue weighted by Gasteiger charge is -2.20. The van der Waals surface area contributed by atoms with Crippen molar-refractivity contribution in [3.8, 4) is 0 Å². The number of amides is 1. The summed E-state index contributed by atoms with van der Waals surface area (Å²) >= 11 is 3.12. The second-order valence-electron chi connectivity index (χ2n) is 4.87. The maximum Gasteiger partial charge on any atom is 0.284 e. The zero-order valence-corrected chi connectivity index (χ0v) is 12.8. The molecule has 0 aliphatic carbocycles. The smallest absolute Gasteiger partial charge is 0.284 e. The molecule has 20 heavy (non-hydrogen) atoms. The molecule has 0 saturated carbocycles. The minimum absolute atomic E-state index is 0.0808. The van der Waals surface area contributed by atoms with E-state index in [0.29, 0.717) is 23.1 Å². The highest BCUT2D eigenvalue weighted by atomic mass is 79.9. The van der Waals surface area contributed by atoms with E-state index in [-0.39, 0.29) is 11.6 Å². The highest BCUT2D eigenvalue weighted by molar-refractivity contribution is 9.10. The number of benzene rings is 1. The number of hydrogen-bond donors (Lipinski definition) is 0. The van der Waals surface area contributed by atoms with E-state index >= 15 is 0 Å². The van der Waals surface area contributed by atoms with E-state index < -0.39 is 4.92 Å². The Labute approximate surface area is 125 Å². The van der Waals surface area contributed by atoms with Gasteiger partial charge in [-0.1, -0.05) is 0 Å². The molecule has 6 nitrogen and oxygen atoms in total. The van der Waals surface area contributed by atoms with Gasteiger partial charge in [-0.05, 0) is 48.1 Å². The van der Waals surface area contributed by atoms with Crippen LogP contribution in [0.2, 0.25) is 0 Å². The van der Waals surface area contributed by atoms with Crippen LogP contribution < -0.4 is 0 Å². The summed E-state index contributed by atoms with van der Waals surface area (Å²) in [6, 6.07) is 4.50. The largest absolute Gasteiger partial charge is 0.337 e. The number of nitro groups is 1. The molecule has 2 rings (SSSR count). The maximum absolute atomic E-state index is 12.4. The van der Waals surface area contributed by atoms with Crippen LogP contribution in [0.5, 0.6) is 0 Å². The molecule has 0 spiro atoms. The number of nitro benzene ring substituents is 1. The minimum atomic E-state index is -0.489. The van der Waals surface area contributed by atoms with Crippen molar-refractivity contribution in [3.63, 3.8) is 0 Å². The van der Waals surface area contributed by atoms with Gasteiger partial charge in [0.25, 0.3) is 11.6 Å². The molecule has 0 aromatic heterocycles. The summed E-state index contributed by atoms with van der Waals surface area (Å²) in [6.45, 7) is 3.13. The van der Waals surface area contributed by atoms with Crippen LogP contribution >= 0.6 is 15.9 Å². The molecule has 0 N–H and O–H groups in total. The van der Waals surface area contributed by atoms with Crippen LogP contribution in [0.3, 0.4) is 0 Å². The van der Waals surface area contributed by atoms with Crippen LogP contribution in [0.1, 0.15) is 16.8 Å². The van der Waals surface area contributed by atoms with Gasteiger partial charge in [-0.15, -0.1) is 0 Å². The summed E-state index contributed by atoms with van der Waals surface area (Å²) in [7, 11) is 2.03. The monoisotopic (exact) mass is 341 g/mol. The maximum atomic E-state index is 12.4. The van der Waals surface area contributed by atoms with E-state index in [2.05, 4.69) is 20.8 Å². The van der Waals surface area contributed by atoms with Crippen molar-refractivity contribution in [3.05, 3.63) is 38.3 Å². The van der Waals surface area contributed by atoms with Gasteiger partial charge in [0.15, 0.2) is 0 Å². The predicted molar refractivity (Wildman–Crippen MR) is 78.8 cm³/mol. The molecule has 1 aromatic carbocycles. The van der Waals surface area contributed by atoms with E-state index in [4.69, 9.17) is 0 Å². The van der Waals surface area contributed by atoms with Crippen molar-refractivity contribution in [2.75, 3.05) is 33.2 Å². The van der Waals surface area contributed by atoms with E-state index in [9.17, 15) is 14.9 Å². The topological polar surface area (TPSA) is 66.7 Å². The van der Waals surface area contributed by atoms with Crippen molar-refractivity contribution in [1.82, 2.24) is 9.80 Å². The number of carbonyl (C=O) groups excluding carboxylic acids is 1. The van der Waals surface area contributed by atoms with Gasteiger partial charge in [-0.2, -0.15) is 0 Å². The van der Waals surface area contributed by atoms with Crippen molar-refractivity contribution in [2.45, 2.75) is 6.42 Å². The lowest BCUT2D eigenvalue weighted by Crippen LogP contribution is -2.34. The SMILES string of the molecule is CN1CCCN(C(=O)c2ccc(Br)c([N+](=O)[O-])c2)CC1. The zero-order chi connectivity index (χ0) is 14.7. The third-order valence-corrected chi connectivity index (χ3v) is 4.07. The zero-order valence-electron chi connectivity index (χ0n) is 11.2. The molecule has 108 valence electrons. The molecule has 0 radical (unpaired) electrons. The molecule has 1 saturated heterocycles. The second-order valence-corrected chi connectivity index (χ2v) is 5.73. The molecule has 1 aliphatic rings. The summed E-state index contributed by atoms with van der Waals surface area (Å²) in [5, 5.41) is 10.9. The van der Waals surface area contributed by atoms with Gasteiger partial charge in [0, 0.05) is 31.3 Å². The normalized spacial score (nSPS) is 16.8. The fraction of sp³-hybridized carbons (Fsp3) is 0.462. The molecule has 0 bridgehead atoms. The van der Waals surface area contributed by atoms with Gasteiger partial charge in [0.05, 0.1) is 9.40 Å². The third kappa shape index (κ3) is 3.34. The Bertz CT molecular complexity index is 536. The predicted octanol–water partition coefficient (Wildman–Crippen LogP) is 2.13. The van der Waals surface area contributed by atoms with Gasteiger partial charge in [-0.3, -0.25) is 14.9 Å². The average molecular weight is 342 g/mol. The molecule has 7 heteroatoms. The molecular weight excluding hydrogens is 326 g/mol. The number of rotatable bonds is 2. The summed E-state index contributed by atoms with van der Waals surface area (Å²) in [4.78, 5) is 26.8. The van der Waals surface area contributed by atoms with Crippen LogP contribution in [-0.2, 0) is 0 Å². The van der Waals surface area contributed by atoms with Gasteiger partial charge >= 0.3 is 0 Å². The van der Waals surface area contributed by atoms with Gasteiger partial charge < -0.3 is 9.80 Å². The van der Waals surface area contributed by atoms with E-state index in [1.807, 2.05) is 7.05 Å². The van der Waals surface area contributed by atoms with Gasteiger partial charge in [0.2, 0.25) is 0 Å². The molecule has 1 aliphatic heterocycles. The average Bonchev–Trinajstić information content (AvgIpc) is 2.63. The van der Waals surface area contributed by atoms with Crippen LogP contribution in [0.25, 0.3) is 0 Å². The van der Waals surface area contributed by atoms with Crippen molar-refractivity contribution < 1.29 is 9.72 Å². The van der Waals surface area contributed by atoms with E-state index in [1.54, 1.807) is 17.0 Å². The Hall–Kier alpha value is -1.47. The summed E-state index contributed by atoms with van der Waals surface area (Å²) < 4.78 is 0.384. The van der Waals surface area contributed by atoms with Crippen molar-refractivity contribution in [1.29, 1.82) is 0 Å². The molecule has 1 fully saturated rings. The first-order valence-electron chi connectivity index (χ1n) is 6.41. The van der Waals surface area contributed by atoms with E-state index in [1.165, 1.54) is 6.07 Å². The first-order chi connectivity index (χ1) is 9.49. The summed E-state index contributed by atoms with van der Waals surface area (Å²) in [6.07, 6.45) is 0.918. The first kappa shape index (κ1) is 14.9. The molecule has 1 amide bonds. The molecule has 0 atom stereocenters. The second kappa shape index (κ2) is 6.32. The summed E-state index contributed by atoms with van der Waals surface area (Å²) in [5.74, 6) is -0.143. The van der Waals surface area contributed by atoms with Crippen LogP contribution in [0, 0.1) is 10.1 Å². The Morgan fingerprint density at radius 2 is 2.05 bits per heavy atom. The van der Waals surface area contributed by atoms with Crippen molar-refractivity contribution in [2.24, 2.45) is 0 Å². The van der Waals surface area contributed by atoms with Crippen LogP contribution in [0.4, 0.5) is 5.69 Å². The molecule has 1 aromatic rings. The van der Waals surface area contributed by atoms with E-state index in [0.717, 1.165) is 19.5 Å². The van der Waals surface area contributed by atoms with Gasteiger partial charge in [-0.25, -0.2) is 0 Å². The molecule has 1 heterocycles. The Balaban J connectivity index is 2.20.